The van der Waals surface area contributed by atoms with Crippen LogP contribution in [0.2, 0.25) is 0 Å². The largest absolute Gasteiger partial charge is 0.497 e. The molecule has 0 bridgehead atoms. The van der Waals surface area contributed by atoms with Crippen molar-refractivity contribution in [2.75, 3.05) is 7.11 Å². The molecule has 3 nitrogen and oxygen atoms in total. The summed E-state index contributed by atoms with van der Waals surface area (Å²) in [5, 5.41) is 0. The Morgan fingerprint density at radius 2 is 1.69 bits per heavy atom. The molecule has 0 fully saturated rings. The number of halogens is 2. The van der Waals surface area contributed by atoms with Gasteiger partial charge in [0.05, 0.1) is 7.11 Å². The zero-order chi connectivity index (χ0) is 12.3. The number of Topliss-reactive ketones (excluding diaryl/α,β-unsaturated/α-hetero) is 2. The van der Waals surface area contributed by atoms with Crippen molar-refractivity contribution >= 4 is 11.6 Å². The second-order valence-electron chi connectivity index (χ2n) is 3.19. The lowest BCUT2D eigenvalue weighted by Crippen LogP contribution is -2.36. The van der Waals surface area contributed by atoms with E-state index in [1.165, 1.54) is 31.4 Å². The van der Waals surface area contributed by atoms with Gasteiger partial charge in [-0.15, -0.1) is 0 Å². The van der Waals surface area contributed by atoms with Gasteiger partial charge in [-0.1, -0.05) is 0 Å². The monoisotopic (exact) mass is 228 g/mol. The maximum atomic E-state index is 13.1. The van der Waals surface area contributed by atoms with Crippen LogP contribution in [0.1, 0.15) is 17.3 Å². The first-order chi connectivity index (χ1) is 7.39. The average Bonchev–Trinajstić information content (AvgIpc) is 2.28. The summed E-state index contributed by atoms with van der Waals surface area (Å²) in [4.78, 5) is 21.9. The molecule has 1 aromatic carbocycles. The Bertz CT molecular complexity index is 410. The van der Waals surface area contributed by atoms with Crippen LogP contribution < -0.4 is 4.74 Å². The summed E-state index contributed by atoms with van der Waals surface area (Å²) < 4.78 is 31.0. The molecule has 16 heavy (non-hydrogen) atoms. The van der Waals surface area contributed by atoms with Crippen molar-refractivity contribution in [3.8, 4) is 5.75 Å². The average molecular weight is 228 g/mol. The molecule has 0 N–H and O–H groups in total. The predicted octanol–water partition coefficient (Wildman–Crippen LogP) is 2.10. The maximum absolute atomic E-state index is 13.1. The normalized spacial score (nSPS) is 11.0. The highest BCUT2D eigenvalue weighted by Crippen LogP contribution is 2.22. The van der Waals surface area contributed by atoms with Crippen molar-refractivity contribution in [3.05, 3.63) is 29.8 Å². The van der Waals surface area contributed by atoms with Crippen LogP contribution in [0.25, 0.3) is 0 Å². The number of hydrogen-bond donors (Lipinski definition) is 0. The number of alkyl halides is 2. The van der Waals surface area contributed by atoms with E-state index in [-0.39, 0.29) is 5.56 Å². The van der Waals surface area contributed by atoms with Crippen molar-refractivity contribution in [1.82, 2.24) is 0 Å². The summed E-state index contributed by atoms with van der Waals surface area (Å²) in [6.45, 7) is 0.682. The van der Waals surface area contributed by atoms with Crippen molar-refractivity contribution in [2.24, 2.45) is 0 Å². The predicted molar refractivity (Wildman–Crippen MR) is 53.0 cm³/mol. The summed E-state index contributed by atoms with van der Waals surface area (Å²) in [6.07, 6.45) is 0. The van der Waals surface area contributed by atoms with Gasteiger partial charge in [0.2, 0.25) is 11.6 Å². The number of methoxy groups -OCH3 is 1. The second-order valence-corrected chi connectivity index (χ2v) is 3.19. The van der Waals surface area contributed by atoms with Crippen molar-refractivity contribution in [1.29, 1.82) is 0 Å². The molecule has 0 amide bonds. The molecule has 5 heteroatoms. The SMILES string of the molecule is COc1ccc(C(=O)C(F)(F)C(C)=O)cc1. The number of ether oxygens (including phenoxy) is 1. The molecule has 1 aromatic rings. The Balaban J connectivity index is 3.01. The van der Waals surface area contributed by atoms with Crippen LogP contribution in [0.3, 0.4) is 0 Å². The van der Waals surface area contributed by atoms with E-state index >= 15 is 0 Å². The highest BCUT2D eigenvalue weighted by molar-refractivity contribution is 6.15. The van der Waals surface area contributed by atoms with E-state index in [2.05, 4.69) is 0 Å². The van der Waals surface area contributed by atoms with E-state index in [0.29, 0.717) is 12.7 Å². The van der Waals surface area contributed by atoms with Crippen LogP contribution >= 0.6 is 0 Å². The molecular weight excluding hydrogens is 218 g/mol. The molecule has 0 unspecified atom stereocenters. The zero-order valence-electron chi connectivity index (χ0n) is 8.79. The van der Waals surface area contributed by atoms with Crippen LogP contribution in [0.4, 0.5) is 8.78 Å². The van der Waals surface area contributed by atoms with Gasteiger partial charge in [-0.05, 0) is 24.3 Å². The minimum absolute atomic E-state index is 0.221. The Hall–Kier alpha value is -1.78. The first kappa shape index (κ1) is 12.3. The van der Waals surface area contributed by atoms with Gasteiger partial charge in [0.15, 0.2) is 0 Å². The molecule has 0 spiro atoms. The molecule has 0 radical (unpaired) electrons. The molecule has 1 rings (SSSR count). The molecule has 0 saturated heterocycles. The topological polar surface area (TPSA) is 43.4 Å². The van der Waals surface area contributed by atoms with Gasteiger partial charge in [-0.2, -0.15) is 8.78 Å². The molecule has 0 heterocycles. The summed E-state index contributed by atoms with van der Waals surface area (Å²) in [5.74, 6) is -6.48. The first-order valence-electron chi connectivity index (χ1n) is 4.47. The Morgan fingerprint density at radius 3 is 2.06 bits per heavy atom. The van der Waals surface area contributed by atoms with Gasteiger partial charge in [-0.25, -0.2) is 0 Å². The third-order valence-corrected chi connectivity index (χ3v) is 2.08. The molecule has 0 aromatic heterocycles. The van der Waals surface area contributed by atoms with Gasteiger partial charge >= 0.3 is 5.92 Å². The minimum Gasteiger partial charge on any atom is -0.497 e. The van der Waals surface area contributed by atoms with Crippen LogP contribution in [-0.4, -0.2) is 24.6 Å². The van der Waals surface area contributed by atoms with E-state index in [4.69, 9.17) is 4.74 Å². The standard InChI is InChI=1S/C11H10F2O3/c1-7(14)11(12,13)10(15)8-3-5-9(16-2)6-4-8/h3-6H,1-2H3. The second kappa shape index (κ2) is 4.38. The fourth-order valence-corrected chi connectivity index (χ4v) is 1.08. The lowest BCUT2D eigenvalue weighted by atomic mass is 10.0. The van der Waals surface area contributed by atoms with E-state index in [0.717, 1.165) is 0 Å². The summed E-state index contributed by atoms with van der Waals surface area (Å²) in [7, 11) is 1.42. The first-order valence-corrected chi connectivity index (χ1v) is 4.47. The van der Waals surface area contributed by atoms with Gasteiger partial charge in [-0.3, -0.25) is 9.59 Å². The Kier molecular flexibility index (Phi) is 3.37. The molecule has 0 aliphatic rings. The molecule has 0 aliphatic heterocycles. The third-order valence-electron chi connectivity index (χ3n) is 2.08. The van der Waals surface area contributed by atoms with Crippen molar-refractivity contribution < 1.29 is 23.1 Å². The maximum Gasteiger partial charge on any atom is 0.366 e. The highest BCUT2D eigenvalue weighted by atomic mass is 19.3. The summed E-state index contributed by atoms with van der Waals surface area (Å²) in [6, 6.07) is 5.14. The quantitative estimate of drug-likeness (QED) is 0.585. The minimum atomic E-state index is -3.96. The lowest BCUT2D eigenvalue weighted by molar-refractivity contribution is -0.134. The van der Waals surface area contributed by atoms with Crippen LogP contribution in [0.15, 0.2) is 24.3 Å². The van der Waals surface area contributed by atoms with E-state index in [1.54, 1.807) is 0 Å². The molecule has 0 aliphatic carbocycles. The van der Waals surface area contributed by atoms with Gasteiger partial charge in [0.25, 0.3) is 0 Å². The lowest BCUT2D eigenvalue weighted by Gasteiger charge is -2.11. The zero-order valence-corrected chi connectivity index (χ0v) is 8.79. The van der Waals surface area contributed by atoms with Crippen LogP contribution in [-0.2, 0) is 4.79 Å². The molecule has 86 valence electrons. The van der Waals surface area contributed by atoms with Gasteiger partial charge < -0.3 is 4.74 Å². The summed E-state index contributed by atoms with van der Waals surface area (Å²) in [5.41, 5.74) is -0.221. The number of carbonyl (C=O) groups excluding carboxylic acids is 2. The van der Waals surface area contributed by atoms with Crippen LogP contribution in [0, 0.1) is 0 Å². The third kappa shape index (κ3) is 2.24. The van der Waals surface area contributed by atoms with Crippen molar-refractivity contribution in [3.63, 3.8) is 0 Å². The number of benzene rings is 1. The van der Waals surface area contributed by atoms with Gasteiger partial charge in [0.1, 0.15) is 5.75 Å². The van der Waals surface area contributed by atoms with E-state index in [1.807, 2.05) is 0 Å². The van der Waals surface area contributed by atoms with Crippen molar-refractivity contribution in [2.45, 2.75) is 12.8 Å². The fraction of sp³-hybridized carbons (Fsp3) is 0.273. The number of hydrogen-bond acceptors (Lipinski definition) is 3. The molecule has 0 saturated carbocycles. The Labute approximate surface area is 91.0 Å². The number of carbonyl (C=O) groups is 2. The Morgan fingerprint density at radius 1 is 1.19 bits per heavy atom. The van der Waals surface area contributed by atoms with Gasteiger partial charge in [0, 0.05) is 12.5 Å². The summed E-state index contributed by atoms with van der Waals surface area (Å²) >= 11 is 0. The fourth-order valence-electron chi connectivity index (χ4n) is 1.08. The number of rotatable bonds is 4. The van der Waals surface area contributed by atoms with E-state index in [9.17, 15) is 18.4 Å². The molecular formula is C11H10F2O3. The highest BCUT2D eigenvalue weighted by Gasteiger charge is 2.44. The van der Waals surface area contributed by atoms with E-state index < -0.39 is 17.5 Å². The number of ketones is 2. The molecule has 0 atom stereocenters. The smallest absolute Gasteiger partial charge is 0.366 e. The van der Waals surface area contributed by atoms with Crippen LogP contribution in [0.5, 0.6) is 5.75 Å².